The topological polar surface area (TPSA) is 0 Å². The van der Waals surface area contributed by atoms with Crippen LogP contribution in [0, 0.1) is 0 Å². The van der Waals surface area contributed by atoms with Gasteiger partial charge in [-0.3, -0.25) is 14.1 Å². The minimum absolute atomic E-state index is 0. The van der Waals surface area contributed by atoms with Gasteiger partial charge in [0.2, 0.25) is 0 Å². The van der Waals surface area contributed by atoms with Crippen LogP contribution in [-0.2, 0) is 0 Å². The second-order valence-electron chi connectivity index (χ2n) is 0. The van der Waals surface area contributed by atoms with Crippen molar-refractivity contribution >= 4 is 58.8 Å². The van der Waals surface area contributed by atoms with E-state index >= 15 is 0 Å². The van der Waals surface area contributed by atoms with Gasteiger partial charge in [-0.2, -0.15) is 9.90 Å². The first-order valence-electron chi connectivity index (χ1n) is 0. The van der Waals surface area contributed by atoms with Gasteiger partial charge in [0.1, 0.15) is 0 Å². The number of hydrogen-bond donors (Lipinski definition) is 0. The molecule has 0 N–H and O–H groups in total. The smallest absolute Gasteiger partial charge is 1.00 e. The number of hydrogen-bond acceptors (Lipinski definition) is 0. The maximum Gasteiger partial charge on any atom is 2.00 e. The van der Waals surface area contributed by atoms with Crippen LogP contribution in [0.4, 0.5) is 14.1 Å². The van der Waals surface area contributed by atoms with E-state index in [-0.39, 0.29) is 82.3 Å². The summed E-state index contributed by atoms with van der Waals surface area (Å²) in [6, 6.07) is 0. The van der Waals surface area contributed by atoms with Crippen molar-refractivity contribution in [3.63, 3.8) is 0 Å². The molecule has 0 aromatic heterocycles. The van der Waals surface area contributed by atoms with Gasteiger partial charge in [0.05, 0.1) is 0 Å². The zero-order valence-corrected chi connectivity index (χ0v) is 9.25. The van der Waals surface area contributed by atoms with Crippen LogP contribution in [0.2, 0.25) is 0 Å². The van der Waals surface area contributed by atoms with Crippen LogP contribution in [0.1, 0.15) is 0 Å². The second kappa shape index (κ2) is 124. The molecular weight excluding hydrogens is 263 g/mol. The van der Waals surface area contributed by atoms with Crippen molar-refractivity contribution in [2.75, 3.05) is 0 Å². The fourth-order valence-electron chi connectivity index (χ4n) is 0. The first-order valence-corrected chi connectivity index (χ1v) is 0. The third-order valence-corrected chi connectivity index (χ3v) is 0. The van der Waals surface area contributed by atoms with Crippen molar-refractivity contribution in [2.24, 2.45) is 0 Å². The third kappa shape index (κ3) is 89.6. The van der Waals surface area contributed by atoms with Crippen molar-refractivity contribution < 1.29 is 23.5 Å². The van der Waals surface area contributed by atoms with Gasteiger partial charge in [0, 0.05) is 0 Å². The molecule has 0 aliphatic carbocycles. The summed E-state index contributed by atoms with van der Waals surface area (Å²) in [6.45, 7) is 0. The van der Waals surface area contributed by atoms with Crippen LogP contribution in [0.3, 0.4) is 0 Å². The van der Waals surface area contributed by atoms with Crippen LogP contribution >= 0.6 is 9.90 Å². The van der Waals surface area contributed by atoms with E-state index in [1.165, 1.54) is 0 Å². The standard InChI is InChI=1S/Ba.5FH.H3P/h;5*1H;1H3/q+2;;;;;;/p-2. The molecular formula is H6BaF5P. The van der Waals surface area contributed by atoms with E-state index < -0.39 is 0 Å². The predicted octanol–water partition coefficient (Wildman–Crippen LogP) is -5.86. The van der Waals surface area contributed by atoms with Crippen LogP contribution < -0.4 is 9.41 Å². The molecule has 0 fully saturated rings. The molecule has 0 nitrogen and oxygen atoms in total. The van der Waals surface area contributed by atoms with Crippen LogP contribution in [0.5, 0.6) is 0 Å². The molecule has 0 radical (unpaired) electrons. The Bertz CT molecular complexity index is 8.04. The monoisotopic (exact) mass is 270 g/mol. The van der Waals surface area contributed by atoms with Crippen LogP contribution in [0.25, 0.3) is 0 Å². The molecule has 0 rings (SSSR count). The molecule has 7 heavy (non-hydrogen) atoms. The van der Waals surface area contributed by atoms with Gasteiger partial charge in [-0.05, 0) is 0 Å². The summed E-state index contributed by atoms with van der Waals surface area (Å²) in [5, 5.41) is 0. The molecule has 48 valence electrons. The van der Waals surface area contributed by atoms with E-state index in [0.29, 0.717) is 0 Å². The van der Waals surface area contributed by atoms with Crippen LogP contribution in [0.15, 0.2) is 0 Å². The predicted molar refractivity (Wildman–Crippen MR) is 24.4 cm³/mol. The van der Waals surface area contributed by atoms with Gasteiger partial charge < -0.3 is 9.41 Å². The summed E-state index contributed by atoms with van der Waals surface area (Å²) in [5.41, 5.74) is 0. The Morgan fingerprint density at radius 1 is 0.571 bits per heavy atom. The van der Waals surface area contributed by atoms with Crippen molar-refractivity contribution in [3.05, 3.63) is 0 Å². The van der Waals surface area contributed by atoms with Gasteiger partial charge in [0.15, 0.2) is 0 Å². The van der Waals surface area contributed by atoms with E-state index in [4.69, 9.17) is 0 Å². The van der Waals surface area contributed by atoms with Gasteiger partial charge in [-0.1, -0.05) is 0 Å². The van der Waals surface area contributed by atoms with Crippen molar-refractivity contribution in [1.29, 1.82) is 0 Å². The number of halogens is 5. The molecule has 0 aromatic rings. The second-order valence-corrected chi connectivity index (χ2v) is 0. The molecule has 0 aliphatic heterocycles. The first kappa shape index (κ1) is 186. The molecule has 0 aliphatic rings. The van der Waals surface area contributed by atoms with E-state index in [2.05, 4.69) is 0 Å². The maximum atomic E-state index is 0. The zero-order valence-electron chi connectivity index (χ0n) is 3.39. The zero-order chi connectivity index (χ0) is 0. The maximum absolute atomic E-state index is 0. The molecule has 7 heteroatoms. The summed E-state index contributed by atoms with van der Waals surface area (Å²) in [6.07, 6.45) is 0. The molecule has 0 saturated heterocycles. The van der Waals surface area contributed by atoms with Crippen molar-refractivity contribution in [2.45, 2.75) is 0 Å². The normalized spacial score (nSPS) is 0. The molecule has 0 saturated carbocycles. The Balaban J connectivity index is 0. The Labute approximate surface area is 81.3 Å². The Morgan fingerprint density at radius 2 is 0.571 bits per heavy atom. The molecule has 0 spiro atoms. The van der Waals surface area contributed by atoms with E-state index in [9.17, 15) is 0 Å². The van der Waals surface area contributed by atoms with Gasteiger partial charge >= 0.3 is 48.9 Å². The van der Waals surface area contributed by atoms with E-state index in [0.717, 1.165) is 0 Å². The molecule has 0 bridgehead atoms. The minimum atomic E-state index is 0. The average Bonchev–Trinajstić information content (AvgIpc) is 0. The Kier molecular flexibility index (Phi) is 3290. The van der Waals surface area contributed by atoms with Crippen LogP contribution in [-0.4, -0.2) is 48.9 Å². The van der Waals surface area contributed by atoms with Crippen molar-refractivity contribution in [3.8, 4) is 0 Å². The van der Waals surface area contributed by atoms with E-state index in [1.807, 2.05) is 0 Å². The summed E-state index contributed by atoms with van der Waals surface area (Å²) < 4.78 is 0. The van der Waals surface area contributed by atoms with Gasteiger partial charge in [0.25, 0.3) is 0 Å². The average molecular weight is 269 g/mol. The van der Waals surface area contributed by atoms with E-state index in [1.54, 1.807) is 0 Å². The molecule has 0 amide bonds. The molecule has 1 unspecified atom stereocenters. The fourth-order valence-corrected chi connectivity index (χ4v) is 0. The quantitative estimate of drug-likeness (QED) is 0.233. The summed E-state index contributed by atoms with van der Waals surface area (Å²) in [4.78, 5) is 0. The minimum Gasteiger partial charge on any atom is -1.00 e. The summed E-state index contributed by atoms with van der Waals surface area (Å²) >= 11 is 0. The van der Waals surface area contributed by atoms with Gasteiger partial charge in [-0.25, -0.2) is 0 Å². The largest absolute Gasteiger partial charge is 2.00 e. The molecule has 0 heterocycles. The molecule has 0 aromatic carbocycles. The van der Waals surface area contributed by atoms with Gasteiger partial charge in [-0.15, -0.1) is 0 Å². The summed E-state index contributed by atoms with van der Waals surface area (Å²) in [5.74, 6) is 0. The summed E-state index contributed by atoms with van der Waals surface area (Å²) in [7, 11) is 0. The Hall–Kier alpha value is 1.65. The third-order valence-electron chi connectivity index (χ3n) is 0. The molecule has 1 atom stereocenters. The van der Waals surface area contributed by atoms with Crippen molar-refractivity contribution in [1.82, 2.24) is 0 Å². The Morgan fingerprint density at radius 3 is 0.571 bits per heavy atom. The fraction of sp³-hybridized carbons (Fsp3) is 0. The number of rotatable bonds is 0. The first-order chi connectivity index (χ1) is 0. The SMILES string of the molecule is F.F.F.P.[Ba+2].[F-].[F-].